The number of piperidine rings is 1. The molecule has 1 spiro atoms. The second kappa shape index (κ2) is 24.1. The lowest BCUT2D eigenvalue weighted by Gasteiger charge is -2.56. The number of rotatable bonds is 19. The molecule has 0 unspecified atom stereocenters. The molecule has 0 aliphatic carbocycles. The number of benzene rings is 2. The Morgan fingerprint density at radius 1 is 0.621 bits per heavy atom. The predicted molar refractivity (Wildman–Crippen MR) is 251 cm³/mol. The lowest BCUT2D eigenvalue weighted by atomic mass is 9.76. The van der Waals surface area contributed by atoms with E-state index in [1.165, 1.54) is 0 Å². The first kappa shape index (κ1) is 52.8. The monoisotopic (exact) mass is 919 g/mol. The van der Waals surface area contributed by atoms with E-state index in [4.69, 9.17) is 9.47 Å². The van der Waals surface area contributed by atoms with E-state index in [1.807, 2.05) is 79.4 Å². The van der Waals surface area contributed by atoms with Crippen LogP contribution in [0.25, 0.3) is 0 Å². The largest absolute Gasteiger partial charge is 0.444 e. The molecule has 4 atom stereocenters. The van der Waals surface area contributed by atoms with Gasteiger partial charge >= 0.3 is 18.2 Å². The number of unbranched alkanes of at least 4 members (excludes halogenated alkanes) is 1. The van der Waals surface area contributed by atoms with E-state index in [1.54, 1.807) is 53.5 Å². The van der Waals surface area contributed by atoms with Gasteiger partial charge in [0.05, 0.1) is 0 Å². The van der Waals surface area contributed by atoms with Crippen molar-refractivity contribution in [1.29, 1.82) is 0 Å². The summed E-state index contributed by atoms with van der Waals surface area (Å²) in [5, 5.41) is 16.9. The number of nitrogens with one attached hydrogen (secondary N) is 6. The third kappa shape index (κ3) is 16.8. The van der Waals surface area contributed by atoms with Crippen molar-refractivity contribution in [3.63, 3.8) is 0 Å². The highest BCUT2D eigenvalue weighted by Crippen LogP contribution is 2.40. The summed E-state index contributed by atoms with van der Waals surface area (Å²) in [6, 6.07) is 13.8. The van der Waals surface area contributed by atoms with Gasteiger partial charge in [-0.05, 0) is 104 Å². The predicted octanol–water partition coefficient (Wildman–Crippen LogP) is 4.97. The lowest BCUT2D eigenvalue weighted by molar-refractivity contribution is -0.141. The second-order valence-electron chi connectivity index (χ2n) is 19.8. The maximum absolute atomic E-state index is 14.4. The quantitative estimate of drug-likeness (QED) is 0.105. The maximum atomic E-state index is 14.4. The minimum atomic E-state index is -1.17. The van der Waals surface area contributed by atoms with Crippen LogP contribution in [-0.4, -0.2) is 126 Å². The van der Waals surface area contributed by atoms with Crippen molar-refractivity contribution in [2.24, 2.45) is 5.92 Å². The second-order valence-corrected chi connectivity index (χ2v) is 19.8. The summed E-state index contributed by atoms with van der Waals surface area (Å²) < 4.78 is 10.8. The SMILES string of the molecule is CNC(=O)N1CCC12CCN(C(=O)[C@@H](CCCCNC(=O)OC(C)(C)C)NC(=O)[C@@H](CC(C)C)NC(=O)[C@@H](Cc1ccccc1)NC(=O)[C@@H](Cc1ccccc1)NC(=O)OC(C)(C)C)CC2. The van der Waals surface area contributed by atoms with E-state index >= 15 is 0 Å². The Labute approximate surface area is 390 Å². The fourth-order valence-electron chi connectivity index (χ4n) is 8.20. The molecule has 2 aliphatic rings. The highest BCUT2D eigenvalue weighted by Gasteiger charge is 2.49. The van der Waals surface area contributed by atoms with Crippen LogP contribution in [0.3, 0.4) is 0 Å². The summed E-state index contributed by atoms with van der Waals surface area (Å²) >= 11 is 0. The van der Waals surface area contributed by atoms with Gasteiger partial charge in [-0.25, -0.2) is 14.4 Å². The fourth-order valence-corrected chi connectivity index (χ4v) is 8.20. The standard InChI is InChI=1S/C49H74N8O9/c1-33(2)30-37(53-41(59)38(31-34-18-12-10-13-19-34)54-42(60)39(32-35-20-14-11-15-21-35)55-46(64)66-48(6,7)8)40(58)52-36(22-16-17-26-51-45(63)65-47(3,4)5)43(61)56-27-23-49(24-28-56)25-29-57(49)44(62)50-9/h10-15,18-21,33,36-39H,16-17,22-32H2,1-9H3,(H,50,62)(H,51,63)(H,52,58)(H,53,59)(H,54,60)(H,55,64)/t36-,37-,38-,39-/m1/s1. The summed E-state index contributed by atoms with van der Waals surface area (Å²) in [5.41, 5.74) is -0.278. The van der Waals surface area contributed by atoms with Gasteiger partial charge in [-0.3, -0.25) is 19.2 Å². The molecule has 4 rings (SSSR count). The third-order valence-corrected chi connectivity index (χ3v) is 11.6. The highest BCUT2D eigenvalue weighted by molar-refractivity contribution is 5.95. The van der Waals surface area contributed by atoms with Gasteiger partial charge in [0, 0.05) is 51.6 Å². The Morgan fingerprint density at radius 2 is 1.09 bits per heavy atom. The molecule has 2 aromatic rings. The molecule has 2 heterocycles. The minimum absolute atomic E-state index is 0.0615. The molecular formula is C49H74N8O9. The number of urea groups is 1. The Hall–Kier alpha value is -5.87. The molecule has 66 heavy (non-hydrogen) atoms. The Balaban J connectivity index is 1.54. The minimum Gasteiger partial charge on any atom is -0.444 e. The number of likely N-dealkylation sites (tertiary alicyclic amines) is 2. The number of carbonyl (C=O) groups excluding carboxylic acids is 7. The van der Waals surface area contributed by atoms with Gasteiger partial charge in [0.1, 0.15) is 35.4 Å². The van der Waals surface area contributed by atoms with Crippen molar-refractivity contribution in [3.8, 4) is 0 Å². The molecule has 0 saturated carbocycles. The number of nitrogens with zero attached hydrogens (tertiary/aromatic N) is 2. The molecule has 2 aromatic carbocycles. The zero-order chi connectivity index (χ0) is 48.7. The number of ether oxygens (including phenoxy) is 2. The average Bonchev–Trinajstić information content (AvgIpc) is 3.23. The van der Waals surface area contributed by atoms with Crippen LogP contribution in [0.5, 0.6) is 0 Å². The van der Waals surface area contributed by atoms with E-state index in [9.17, 15) is 33.6 Å². The van der Waals surface area contributed by atoms with E-state index in [0.717, 1.165) is 17.5 Å². The Kier molecular flexibility index (Phi) is 19.2. The molecule has 6 N–H and O–H groups in total. The highest BCUT2D eigenvalue weighted by atomic mass is 16.6. The molecule has 8 amide bonds. The van der Waals surface area contributed by atoms with Gasteiger partial charge in [0.2, 0.25) is 23.6 Å². The van der Waals surface area contributed by atoms with E-state index in [0.29, 0.717) is 51.9 Å². The Bertz CT molecular complexity index is 1940. The van der Waals surface area contributed by atoms with Crippen molar-refractivity contribution in [2.75, 3.05) is 33.2 Å². The van der Waals surface area contributed by atoms with Crippen LogP contribution in [0.2, 0.25) is 0 Å². The van der Waals surface area contributed by atoms with E-state index in [-0.39, 0.29) is 49.1 Å². The van der Waals surface area contributed by atoms with Crippen LogP contribution in [0.15, 0.2) is 60.7 Å². The van der Waals surface area contributed by atoms with Crippen molar-refractivity contribution in [1.82, 2.24) is 41.7 Å². The van der Waals surface area contributed by atoms with Gasteiger partial charge in [0.25, 0.3) is 0 Å². The maximum Gasteiger partial charge on any atom is 0.408 e. The molecule has 0 aromatic heterocycles. The van der Waals surface area contributed by atoms with Gasteiger partial charge < -0.3 is 51.2 Å². The summed E-state index contributed by atoms with van der Waals surface area (Å²) in [6.45, 7) is 16.1. The molecular weight excluding hydrogens is 845 g/mol. The summed E-state index contributed by atoms with van der Waals surface area (Å²) in [7, 11) is 1.60. The van der Waals surface area contributed by atoms with Crippen molar-refractivity contribution >= 4 is 41.8 Å². The summed E-state index contributed by atoms with van der Waals surface area (Å²) in [5.74, 6) is -2.13. The van der Waals surface area contributed by atoms with Crippen molar-refractivity contribution < 1.29 is 43.0 Å². The van der Waals surface area contributed by atoms with Crippen LogP contribution < -0.4 is 31.9 Å². The first-order valence-corrected chi connectivity index (χ1v) is 23.3. The zero-order valence-corrected chi connectivity index (χ0v) is 40.4. The average molecular weight is 919 g/mol. The molecule has 2 fully saturated rings. The number of hydrogen-bond donors (Lipinski definition) is 6. The number of hydrogen-bond acceptors (Lipinski definition) is 9. The summed E-state index contributed by atoms with van der Waals surface area (Å²) in [6.07, 6.45) is 2.37. The molecule has 0 radical (unpaired) electrons. The molecule has 2 saturated heterocycles. The fraction of sp³-hybridized carbons (Fsp3) is 0.612. The van der Waals surface area contributed by atoms with Gasteiger partial charge in [-0.15, -0.1) is 0 Å². The lowest BCUT2D eigenvalue weighted by Crippen LogP contribution is -2.68. The molecule has 17 nitrogen and oxygen atoms in total. The number of amides is 8. The van der Waals surface area contributed by atoms with Gasteiger partial charge in [-0.1, -0.05) is 74.5 Å². The topological polar surface area (TPSA) is 217 Å². The van der Waals surface area contributed by atoms with Crippen LogP contribution >= 0.6 is 0 Å². The van der Waals surface area contributed by atoms with Crippen LogP contribution in [0.1, 0.15) is 111 Å². The number of alkyl carbamates (subject to hydrolysis) is 2. The summed E-state index contributed by atoms with van der Waals surface area (Å²) in [4.78, 5) is 98.8. The molecule has 2 aliphatic heterocycles. The van der Waals surface area contributed by atoms with Crippen molar-refractivity contribution in [2.45, 2.75) is 154 Å². The van der Waals surface area contributed by atoms with Crippen molar-refractivity contribution in [3.05, 3.63) is 71.8 Å². The van der Waals surface area contributed by atoms with Gasteiger partial charge in [0.15, 0.2) is 0 Å². The number of carbonyl (C=O) groups is 7. The smallest absolute Gasteiger partial charge is 0.408 e. The Morgan fingerprint density at radius 3 is 1.58 bits per heavy atom. The first-order valence-electron chi connectivity index (χ1n) is 23.3. The normalized spacial score (nSPS) is 16.4. The van der Waals surface area contributed by atoms with Crippen LogP contribution in [0, 0.1) is 5.92 Å². The first-order chi connectivity index (χ1) is 31.1. The zero-order valence-electron chi connectivity index (χ0n) is 40.4. The molecule has 17 heteroatoms. The van der Waals surface area contributed by atoms with Crippen LogP contribution in [0.4, 0.5) is 14.4 Å². The van der Waals surface area contributed by atoms with E-state index < -0.39 is 65.3 Å². The molecule has 364 valence electrons. The van der Waals surface area contributed by atoms with Crippen LogP contribution in [-0.2, 0) is 41.5 Å². The van der Waals surface area contributed by atoms with E-state index in [2.05, 4.69) is 31.9 Å². The third-order valence-electron chi connectivity index (χ3n) is 11.6. The molecule has 0 bridgehead atoms. The van der Waals surface area contributed by atoms with Gasteiger partial charge in [-0.2, -0.15) is 0 Å².